The number of aromatic nitrogens is 4. The van der Waals surface area contributed by atoms with Gasteiger partial charge in [0.25, 0.3) is 11.9 Å². The van der Waals surface area contributed by atoms with E-state index in [4.69, 9.17) is 11.5 Å². The van der Waals surface area contributed by atoms with E-state index in [-0.39, 0.29) is 0 Å². The summed E-state index contributed by atoms with van der Waals surface area (Å²) in [5.41, 5.74) is 10.8. The van der Waals surface area contributed by atoms with Gasteiger partial charge < -0.3 is 11.5 Å². The van der Waals surface area contributed by atoms with E-state index in [1.165, 1.54) is 23.3 Å². The molecule has 0 bridgehead atoms. The molecule has 1 amide bonds. The predicted octanol–water partition coefficient (Wildman–Crippen LogP) is -0.657. The Morgan fingerprint density at radius 2 is 2.27 bits per heavy atom. The van der Waals surface area contributed by atoms with E-state index in [0.29, 0.717) is 17.3 Å². The van der Waals surface area contributed by atoms with Crippen LogP contribution in [0.4, 0.5) is 5.82 Å². The van der Waals surface area contributed by atoms with Crippen LogP contribution in [0.2, 0.25) is 0 Å². The molecule has 0 atom stereocenters. The summed E-state index contributed by atoms with van der Waals surface area (Å²) in [5.74, 6) is 0.0729. The molecule has 2 aromatic rings. The zero-order valence-electron chi connectivity index (χ0n) is 7.66. The smallest absolute Gasteiger partial charge is 0.252 e. The molecular formula is C8H8N6O. The van der Waals surface area contributed by atoms with Crippen molar-refractivity contribution in [3.63, 3.8) is 0 Å². The van der Waals surface area contributed by atoms with Gasteiger partial charge in [0.05, 0.1) is 11.8 Å². The Balaban J connectivity index is 2.41. The average molecular weight is 204 g/mol. The molecule has 0 radical (unpaired) electrons. The Labute approximate surface area is 84.7 Å². The van der Waals surface area contributed by atoms with E-state index in [1.807, 2.05) is 0 Å². The average Bonchev–Trinajstić information content (AvgIpc) is 2.66. The zero-order chi connectivity index (χ0) is 10.8. The molecule has 4 N–H and O–H groups in total. The highest BCUT2D eigenvalue weighted by Gasteiger charge is 2.06. The third-order valence-electron chi connectivity index (χ3n) is 1.74. The van der Waals surface area contributed by atoms with Crippen LogP contribution in [0.5, 0.6) is 0 Å². The van der Waals surface area contributed by atoms with Crippen molar-refractivity contribution in [2.45, 2.75) is 0 Å². The van der Waals surface area contributed by atoms with Gasteiger partial charge in [0.15, 0.2) is 0 Å². The number of hydrogen-bond donors (Lipinski definition) is 2. The molecule has 7 nitrogen and oxygen atoms in total. The summed E-state index contributed by atoms with van der Waals surface area (Å²) < 4.78 is 1.33. The first-order chi connectivity index (χ1) is 7.16. The quantitative estimate of drug-likeness (QED) is 0.674. The van der Waals surface area contributed by atoms with Crippen LogP contribution in [0, 0.1) is 0 Å². The highest BCUT2D eigenvalue weighted by atomic mass is 16.1. The number of nitrogens with two attached hydrogens (primary N) is 2. The van der Waals surface area contributed by atoms with E-state index in [0.717, 1.165) is 0 Å². The highest BCUT2D eigenvalue weighted by molar-refractivity contribution is 5.92. The molecule has 0 aromatic carbocycles. The second kappa shape index (κ2) is 3.37. The molecule has 0 aliphatic carbocycles. The SMILES string of the molecule is NC(=O)c1cnn(-c2nccc(N)n2)c1. The maximum absolute atomic E-state index is 10.8. The molecule has 76 valence electrons. The summed E-state index contributed by atoms with van der Waals surface area (Å²) >= 11 is 0. The van der Waals surface area contributed by atoms with Gasteiger partial charge in [-0.25, -0.2) is 9.67 Å². The minimum atomic E-state index is -0.551. The molecule has 0 saturated heterocycles. The topological polar surface area (TPSA) is 113 Å². The van der Waals surface area contributed by atoms with Gasteiger partial charge >= 0.3 is 0 Å². The third-order valence-corrected chi connectivity index (χ3v) is 1.74. The van der Waals surface area contributed by atoms with Crippen molar-refractivity contribution >= 4 is 11.7 Å². The molecule has 15 heavy (non-hydrogen) atoms. The van der Waals surface area contributed by atoms with Crippen molar-refractivity contribution in [1.82, 2.24) is 19.7 Å². The lowest BCUT2D eigenvalue weighted by molar-refractivity contribution is 0.100. The second-order valence-electron chi connectivity index (χ2n) is 2.82. The van der Waals surface area contributed by atoms with E-state index in [2.05, 4.69) is 15.1 Å². The summed E-state index contributed by atoms with van der Waals surface area (Å²) in [5, 5.41) is 3.88. The van der Waals surface area contributed by atoms with Crippen LogP contribution in [0.3, 0.4) is 0 Å². The van der Waals surface area contributed by atoms with Crippen LogP contribution >= 0.6 is 0 Å². The molecule has 0 saturated carbocycles. The standard InChI is InChI=1S/C8H8N6O/c9-6-1-2-11-8(13-6)14-4-5(3-12-14)7(10)15/h1-4H,(H2,10,15)(H2,9,11,13). The van der Waals surface area contributed by atoms with Gasteiger partial charge in [-0.1, -0.05) is 0 Å². The fourth-order valence-corrected chi connectivity index (χ4v) is 1.03. The Bertz CT molecular complexity index is 505. The van der Waals surface area contributed by atoms with E-state index in [9.17, 15) is 4.79 Å². The summed E-state index contributed by atoms with van der Waals surface area (Å²) in [4.78, 5) is 18.7. The van der Waals surface area contributed by atoms with Gasteiger partial charge in [-0.15, -0.1) is 0 Å². The highest BCUT2D eigenvalue weighted by Crippen LogP contribution is 2.04. The van der Waals surface area contributed by atoms with Gasteiger partial charge in [0, 0.05) is 12.4 Å². The number of carbonyl (C=O) groups is 1. The molecule has 0 unspecified atom stereocenters. The molecule has 0 spiro atoms. The maximum Gasteiger partial charge on any atom is 0.252 e. The summed E-state index contributed by atoms with van der Waals surface area (Å²) in [6.07, 6.45) is 4.29. The van der Waals surface area contributed by atoms with Crippen molar-refractivity contribution in [3.05, 3.63) is 30.2 Å². The number of carbonyl (C=O) groups excluding carboxylic acids is 1. The van der Waals surface area contributed by atoms with E-state index in [1.54, 1.807) is 6.07 Å². The van der Waals surface area contributed by atoms with Crippen LogP contribution < -0.4 is 11.5 Å². The lowest BCUT2D eigenvalue weighted by Crippen LogP contribution is -2.09. The minimum absolute atomic E-state index is 0.293. The Morgan fingerprint density at radius 3 is 2.87 bits per heavy atom. The molecule has 0 fully saturated rings. The molecule has 7 heteroatoms. The summed E-state index contributed by atoms with van der Waals surface area (Å²) in [7, 11) is 0. The van der Waals surface area contributed by atoms with Crippen molar-refractivity contribution in [2.75, 3.05) is 5.73 Å². The van der Waals surface area contributed by atoms with Crippen LogP contribution in [0.1, 0.15) is 10.4 Å². The number of nitrogen functional groups attached to an aromatic ring is 1. The van der Waals surface area contributed by atoms with E-state index >= 15 is 0 Å². The lowest BCUT2D eigenvalue weighted by Gasteiger charge is -1.98. The fraction of sp³-hybridized carbons (Fsp3) is 0. The van der Waals surface area contributed by atoms with Crippen molar-refractivity contribution in [2.24, 2.45) is 5.73 Å². The van der Waals surface area contributed by atoms with Gasteiger partial charge in [-0.2, -0.15) is 10.1 Å². The number of hydrogen-bond acceptors (Lipinski definition) is 5. The monoisotopic (exact) mass is 204 g/mol. The Morgan fingerprint density at radius 1 is 1.47 bits per heavy atom. The molecule has 0 aliphatic heterocycles. The molecule has 2 rings (SSSR count). The van der Waals surface area contributed by atoms with Crippen molar-refractivity contribution < 1.29 is 4.79 Å². The van der Waals surface area contributed by atoms with Gasteiger partial charge in [0.2, 0.25) is 0 Å². The normalized spacial score (nSPS) is 10.1. The molecule has 0 aliphatic rings. The predicted molar refractivity (Wildman–Crippen MR) is 52.1 cm³/mol. The zero-order valence-corrected chi connectivity index (χ0v) is 7.66. The third kappa shape index (κ3) is 1.75. The number of primary amides is 1. The fourth-order valence-electron chi connectivity index (χ4n) is 1.03. The number of amides is 1. The molecular weight excluding hydrogens is 196 g/mol. The first-order valence-electron chi connectivity index (χ1n) is 4.10. The second-order valence-corrected chi connectivity index (χ2v) is 2.82. The Hall–Kier alpha value is -2.44. The number of rotatable bonds is 2. The number of anilines is 1. The van der Waals surface area contributed by atoms with Crippen LogP contribution in [-0.2, 0) is 0 Å². The Kier molecular flexibility index (Phi) is 2.05. The van der Waals surface area contributed by atoms with Crippen LogP contribution in [-0.4, -0.2) is 25.7 Å². The van der Waals surface area contributed by atoms with Gasteiger partial charge in [-0.3, -0.25) is 4.79 Å². The van der Waals surface area contributed by atoms with Crippen molar-refractivity contribution in [3.8, 4) is 5.95 Å². The first-order valence-corrected chi connectivity index (χ1v) is 4.10. The van der Waals surface area contributed by atoms with Crippen LogP contribution in [0.15, 0.2) is 24.7 Å². The van der Waals surface area contributed by atoms with Gasteiger partial charge in [0.1, 0.15) is 5.82 Å². The minimum Gasteiger partial charge on any atom is -0.384 e. The maximum atomic E-state index is 10.8. The summed E-state index contributed by atoms with van der Waals surface area (Å²) in [6.45, 7) is 0. The van der Waals surface area contributed by atoms with E-state index < -0.39 is 5.91 Å². The molecule has 2 heterocycles. The van der Waals surface area contributed by atoms with Crippen molar-refractivity contribution in [1.29, 1.82) is 0 Å². The van der Waals surface area contributed by atoms with Crippen LogP contribution in [0.25, 0.3) is 5.95 Å². The molecule has 2 aromatic heterocycles. The first kappa shape index (κ1) is 9.13. The van der Waals surface area contributed by atoms with Gasteiger partial charge in [-0.05, 0) is 6.07 Å². The summed E-state index contributed by atoms with van der Waals surface area (Å²) in [6, 6.07) is 1.56. The lowest BCUT2D eigenvalue weighted by atomic mass is 10.4. The number of nitrogens with zero attached hydrogens (tertiary/aromatic N) is 4. The largest absolute Gasteiger partial charge is 0.384 e.